The van der Waals surface area contributed by atoms with Crippen molar-refractivity contribution in [3.05, 3.63) is 28.3 Å². The van der Waals surface area contributed by atoms with E-state index in [4.69, 9.17) is 4.42 Å². The first kappa shape index (κ1) is 13.6. The van der Waals surface area contributed by atoms with Gasteiger partial charge >= 0.3 is 0 Å². The van der Waals surface area contributed by atoms with Crippen molar-refractivity contribution in [1.82, 2.24) is 10.2 Å². The molecule has 0 spiro atoms. The van der Waals surface area contributed by atoms with Crippen molar-refractivity contribution in [1.29, 1.82) is 0 Å². The van der Waals surface area contributed by atoms with Crippen molar-refractivity contribution in [2.24, 2.45) is 0 Å². The average Bonchev–Trinajstić information content (AvgIpc) is 2.97. The molecule has 3 heterocycles. The van der Waals surface area contributed by atoms with Crippen LogP contribution >= 0.6 is 0 Å². The van der Waals surface area contributed by atoms with E-state index in [2.05, 4.69) is 10.2 Å². The van der Waals surface area contributed by atoms with E-state index in [1.807, 2.05) is 0 Å². The Morgan fingerprint density at radius 1 is 1.35 bits per heavy atom. The second-order valence-corrected chi connectivity index (χ2v) is 5.83. The number of nitrogens with one attached hydrogen (secondary N) is 1. The molecule has 0 aromatic carbocycles. The standard InChI is InChI=1S/C15H22N2O3/c18-14-8-11(20-10-15(14)19)9-17-7-2-1-5-13(17)12-4-3-6-16-12/h8,10,12-13,16,19H,1-7,9H2. The second-order valence-electron chi connectivity index (χ2n) is 5.83. The van der Waals surface area contributed by atoms with Crippen LogP contribution in [0.15, 0.2) is 21.5 Å². The maximum absolute atomic E-state index is 11.5. The number of hydrogen-bond donors (Lipinski definition) is 2. The van der Waals surface area contributed by atoms with Crippen molar-refractivity contribution in [3.63, 3.8) is 0 Å². The molecule has 0 aliphatic carbocycles. The fourth-order valence-electron chi connectivity index (χ4n) is 3.44. The van der Waals surface area contributed by atoms with Crippen LogP contribution < -0.4 is 10.7 Å². The second kappa shape index (κ2) is 5.97. The Bertz CT molecular complexity index is 508. The third-order valence-electron chi connectivity index (χ3n) is 4.45. The van der Waals surface area contributed by atoms with E-state index in [1.54, 1.807) is 0 Å². The number of piperidine rings is 1. The van der Waals surface area contributed by atoms with Gasteiger partial charge in [-0.1, -0.05) is 6.42 Å². The van der Waals surface area contributed by atoms with E-state index >= 15 is 0 Å². The molecule has 0 saturated carbocycles. The Hall–Kier alpha value is -1.33. The molecule has 2 saturated heterocycles. The van der Waals surface area contributed by atoms with Crippen LogP contribution in [0, 0.1) is 0 Å². The van der Waals surface area contributed by atoms with Crippen LogP contribution in [0.2, 0.25) is 0 Å². The Labute approximate surface area is 118 Å². The number of likely N-dealkylation sites (tertiary alicyclic amines) is 1. The van der Waals surface area contributed by atoms with Crippen molar-refractivity contribution >= 4 is 0 Å². The summed E-state index contributed by atoms with van der Waals surface area (Å²) >= 11 is 0. The highest BCUT2D eigenvalue weighted by Crippen LogP contribution is 2.25. The van der Waals surface area contributed by atoms with Crippen LogP contribution in [-0.2, 0) is 6.54 Å². The van der Waals surface area contributed by atoms with E-state index in [-0.39, 0.29) is 11.2 Å². The summed E-state index contributed by atoms with van der Waals surface area (Å²) in [5.74, 6) is 0.319. The summed E-state index contributed by atoms with van der Waals surface area (Å²) in [5.41, 5.74) is -0.362. The molecular formula is C15H22N2O3. The minimum atomic E-state index is -0.362. The monoisotopic (exact) mass is 278 g/mol. The lowest BCUT2D eigenvalue weighted by Gasteiger charge is -2.38. The van der Waals surface area contributed by atoms with Gasteiger partial charge in [-0.3, -0.25) is 9.69 Å². The lowest BCUT2D eigenvalue weighted by atomic mass is 9.94. The van der Waals surface area contributed by atoms with Gasteiger partial charge in [0.15, 0.2) is 5.75 Å². The Kier molecular flexibility index (Phi) is 4.08. The summed E-state index contributed by atoms with van der Waals surface area (Å²) in [7, 11) is 0. The lowest BCUT2D eigenvalue weighted by Crippen LogP contribution is -2.49. The molecule has 5 heteroatoms. The molecule has 2 fully saturated rings. The molecule has 2 unspecified atom stereocenters. The first-order valence-electron chi connectivity index (χ1n) is 7.52. The van der Waals surface area contributed by atoms with Gasteiger partial charge in [-0.2, -0.15) is 0 Å². The zero-order valence-corrected chi connectivity index (χ0v) is 11.7. The summed E-state index contributed by atoms with van der Waals surface area (Å²) in [4.78, 5) is 13.9. The lowest BCUT2D eigenvalue weighted by molar-refractivity contribution is 0.103. The highest BCUT2D eigenvalue weighted by molar-refractivity contribution is 5.15. The molecule has 3 rings (SSSR count). The first-order valence-corrected chi connectivity index (χ1v) is 7.52. The van der Waals surface area contributed by atoms with Crippen molar-refractivity contribution in [2.45, 2.75) is 50.7 Å². The SMILES string of the molecule is O=c1cc(CN2CCCCC2C2CCCN2)occ1O. The highest BCUT2D eigenvalue weighted by Gasteiger charge is 2.31. The van der Waals surface area contributed by atoms with Gasteiger partial charge < -0.3 is 14.8 Å². The van der Waals surface area contributed by atoms with Crippen molar-refractivity contribution < 1.29 is 9.52 Å². The van der Waals surface area contributed by atoms with Crippen LogP contribution in [0.4, 0.5) is 0 Å². The zero-order chi connectivity index (χ0) is 13.9. The molecule has 1 aromatic heterocycles. The third-order valence-corrected chi connectivity index (χ3v) is 4.45. The molecule has 1 aromatic rings. The molecule has 2 N–H and O–H groups in total. The molecule has 2 atom stereocenters. The van der Waals surface area contributed by atoms with Crippen molar-refractivity contribution in [3.8, 4) is 5.75 Å². The molecule has 110 valence electrons. The molecular weight excluding hydrogens is 256 g/mol. The predicted octanol–water partition coefficient (Wildman–Crippen LogP) is 1.45. The summed E-state index contributed by atoms with van der Waals surface area (Å²) in [6, 6.07) is 2.51. The first-order chi connectivity index (χ1) is 9.74. The minimum absolute atomic E-state index is 0.318. The van der Waals surface area contributed by atoms with Gasteiger partial charge in [0.1, 0.15) is 12.0 Å². The normalized spacial score (nSPS) is 27.8. The molecule has 2 aliphatic heterocycles. The van der Waals surface area contributed by atoms with E-state index in [0.717, 1.165) is 19.4 Å². The molecule has 0 radical (unpaired) electrons. The van der Waals surface area contributed by atoms with Crippen LogP contribution in [0.3, 0.4) is 0 Å². The smallest absolute Gasteiger partial charge is 0.226 e. The minimum Gasteiger partial charge on any atom is -0.502 e. The summed E-state index contributed by atoms with van der Waals surface area (Å²) < 4.78 is 5.34. The maximum atomic E-state index is 11.5. The summed E-state index contributed by atoms with van der Waals surface area (Å²) in [6.07, 6.45) is 7.32. The van der Waals surface area contributed by atoms with E-state index < -0.39 is 0 Å². The van der Waals surface area contributed by atoms with Gasteiger partial charge in [0.05, 0.1) is 6.54 Å². The van der Waals surface area contributed by atoms with Crippen molar-refractivity contribution in [2.75, 3.05) is 13.1 Å². The van der Waals surface area contributed by atoms with Crippen LogP contribution in [-0.4, -0.2) is 35.2 Å². The average molecular weight is 278 g/mol. The van der Waals surface area contributed by atoms with Gasteiger partial charge in [0, 0.05) is 18.2 Å². The Morgan fingerprint density at radius 2 is 2.25 bits per heavy atom. The van der Waals surface area contributed by atoms with Gasteiger partial charge in [-0.05, 0) is 38.8 Å². The zero-order valence-electron chi connectivity index (χ0n) is 11.7. The van der Waals surface area contributed by atoms with Crippen LogP contribution in [0.1, 0.15) is 37.9 Å². The Balaban J connectivity index is 1.72. The molecule has 0 amide bonds. The van der Waals surface area contributed by atoms with Gasteiger partial charge in [-0.25, -0.2) is 0 Å². The van der Waals surface area contributed by atoms with E-state index in [9.17, 15) is 9.90 Å². The fourth-order valence-corrected chi connectivity index (χ4v) is 3.44. The van der Waals surface area contributed by atoms with Crippen LogP contribution in [0.25, 0.3) is 0 Å². The van der Waals surface area contributed by atoms with Gasteiger partial charge in [0.25, 0.3) is 0 Å². The summed E-state index contributed by atoms with van der Waals surface area (Å²) in [5, 5.41) is 12.8. The summed E-state index contributed by atoms with van der Waals surface area (Å²) in [6.45, 7) is 2.81. The quantitative estimate of drug-likeness (QED) is 0.876. The van der Waals surface area contributed by atoms with Crippen LogP contribution in [0.5, 0.6) is 5.75 Å². The van der Waals surface area contributed by atoms with Gasteiger partial charge in [-0.15, -0.1) is 0 Å². The Morgan fingerprint density at radius 3 is 3.00 bits per heavy atom. The highest BCUT2D eigenvalue weighted by atomic mass is 16.4. The van der Waals surface area contributed by atoms with E-state index in [0.29, 0.717) is 24.4 Å². The van der Waals surface area contributed by atoms with E-state index in [1.165, 1.54) is 38.2 Å². The predicted molar refractivity (Wildman–Crippen MR) is 75.7 cm³/mol. The topological polar surface area (TPSA) is 65.7 Å². The molecule has 0 bridgehead atoms. The number of aromatic hydroxyl groups is 1. The number of rotatable bonds is 3. The maximum Gasteiger partial charge on any atom is 0.226 e. The largest absolute Gasteiger partial charge is 0.502 e. The molecule has 5 nitrogen and oxygen atoms in total. The number of hydrogen-bond acceptors (Lipinski definition) is 5. The van der Waals surface area contributed by atoms with Gasteiger partial charge in [0.2, 0.25) is 5.43 Å². The fraction of sp³-hybridized carbons (Fsp3) is 0.667. The molecule has 2 aliphatic rings. The third kappa shape index (κ3) is 2.88. The molecule has 20 heavy (non-hydrogen) atoms. The number of nitrogens with zero attached hydrogens (tertiary/aromatic N) is 1.